The molecule has 0 spiro atoms. The van der Waals surface area contributed by atoms with Crippen LogP contribution in [0.5, 0.6) is 0 Å². The third-order valence-corrected chi connectivity index (χ3v) is 6.55. The van der Waals surface area contributed by atoms with Crippen molar-refractivity contribution in [3.8, 4) is 22.8 Å². The van der Waals surface area contributed by atoms with Gasteiger partial charge in [-0.05, 0) is 63.5 Å². The van der Waals surface area contributed by atoms with Crippen LogP contribution >= 0.6 is 0 Å². The standard InChI is InChI=1S/C27H26N6O2/c1-4-32-22-8-6-5-7-19(22)20-15-17(9-11-23(20)32)25-28-21-16-18(26-29-30-27(34)35-26)10-12-24(21)33(25)14-13-31(2)3/h5-12,15-16H,4,13-14H2,1-3H3,(H,30,34). The van der Waals surface area contributed by atoms with Crippen LogP contribution in [-0.4, -0.2) is 49.9 Å². The number of benzene rings is 3. The number of aromatic amines is 1. The Morgan fingerprint density at radius 3 is 2.46 bits per heavy atom. The van der Waals surface area contributed by atoms with Gasteiger partial charge in [0.1, 0.15) is 5.82 Å². The molecule has 0 aliphatic rings. The zero-order valence-electron chi connectivity index (χ0n) is 19.9. The van der Waals surface area contributed by atoms with E-state index in [4.69, 9.17) is 9.40 Å². The Bertz CT molecular complexity index is 1750. The van der Waals surface area contributed by atoms with Gasteiger partial charge in [0, 0.05) is 52.6 Å². The van der Waals surface area contributed by atoms with Crippen molar-refractivity contribution >= 4 is 32.8 Å². The lowest BCUT2D eigenvalue weighted by molar-refractivity contribution is 0.387. The minimum absolute atomic E-state index is 0.259. The molecule has 3 heterocycles. The molecule has 0 saturated heterocycles. The first-order chi connectivity index (χ1) is 17.0. The van der Waals surface area contributed by atoms with E-state index in [-0.39, 0.29) is 5.89 Å². The van der Waals surface area contributed by atoms with E-state index >= 15 is 0 Å². The first-order valence-corrected chi connectivity index (χ1v) is 11.8. The topological polar surface area (TPSA) is 84.9 Å². The number of aromatic nitrogens is 5. The minimum atomic E-state index is -0.572. The first-order valence-electron chi connectivity index (χ1n) is 11.8. The van der Waals surface area contributed by atoms with Crippen molar-refractivity contribution < 1.29 is 4.42 Å². The Labute approximate surface area is 201 Å². The molecular weight excluding hydrogens is 440 g/mol. The van der Waals surface area contributed by atoms with Gasteiger partial charge in [-0.1, -0.05) is 18.2 Å². The van der Waals surface area contributed by atoms with Gasteiger partial charge in [-0.15, -0.1) is 5.10 Å². The summed E-state index contributed by atoms with van der Waals surface area (Å²) in [6, 6.07) is 21.0. The molecule has 0 unspecified atom stereocenters. The summed E-state index contributed by atoms with van der Waals surface area (Å²) in [5, 5.41) is 8.76. The Balaban J connectivity index is 1.56. The lowest BCUT2D eigenvalue weighted by Gasteiger charge is -2.14. The highest BCUT2D eigenvalue weighted by atomic mass is 16.4. The van der Waals surface area contributed by atoms with Crippen molar-refractivity contribution in [3.05, 3.63) is 71.2 Å². The first kappa shape index (κ1) is 21.4. The molecular formula is C27H26N6O2. The van der Waals surface area contributed by atoms with Crippen LogP contribution in [0.25, 0.3) is 55.7 Å². The number of nitrogens with zero attached hydrogens (tertiary/aromatic N) is 5. The average molecular weight is 467 g/mol. The van der Waals surface area contributed by atoms with Crippen molar-refractivity contribution in [3.63, 3.8) is 0 Å². The fraction of sp³-hybridized carbons (Fsp3) is 0.222. The van der Waals surface area contributed by atoms with Gasteiger partial charge in [0.2, 0.25) is 5.89 Å². The predicted octanol–water partition coefficient (Wildman–Crippen LogP) is 4.74. The summed E-state index contributed by atoms with van der Waals surface area (Å²) < 4.78 is 9.77. The number of rotatable bonds is 6. The number of aryl methyl sites for hydroxylation is 1. The molecule has 35 heavy (non-hydrogen) atoms. The van der Waals surface area contributed by atoms with Crippen molar-refractivity contribution in [2.45, 2.75) is 20.0 Å². The van der Waals surface area contributed by atoms with Crippen LogP contribution in [0, 0.1) is 0 Å². The summed E-state index contributed by atoms with van der Waals surface area (Å²) in [5.74, 6) is 0.602. The largest absolute Gasteiger partial charge is 0.434 e. The van der Waals surface area contributed by atoms with Gasteiger partial charge in [0.05, 0.1) is 11.0 Å². The monoisotopic (exact) mass is 466 g/mol. The van der Waals surface area contributed by atoms with Gasteiger partial charge < -0.3 is 18.5 Å². The summed E-state index contributed by atoms with van der Waals surface area (Å²) in [5.41, 5.74) is 6.11. The average Bonchev–Trinajstić information content (AvgIpc) is 3.55. The Morgan fingerprint density at radius 2 is 1.69 bits per heavy atom. The van der Waals surface area contributed by atoms with Crippen LogP contribution < -0.4 is 5.76 Å². The normalized spacial score (nSPS) is 12.0. The molecule has 6 aromatic rings. The van der Waals surface area contributed by atoms with Crippen molar-refractivity contribution in [1.29, 1.82) is 0 Å². The molecule has 0 aliphatic heterocycles. The number of fused-ring (bicyclic) bond motifs is 4. The van der Waals surface area contributed by atoms with E-state index in [2.05, 4.69) is 87.7 Å². The number of imidazole rings is 1. The van der Waals surface area contributed by atoms with E-state index in [0.717, 1.165) is 42.1 Å². The molecule has 3 aromatic heterocycles. The molecule has 0 atom stereocenters. The summed E-state index contributed by atoms with van der Waals surface area (Å²) in [4.78, 5) is 18.6. The number of para-hydroxylation sites is 1. The summed E-state index contributed by atoms with van der Waals surface area (Å²) in [6.07, 6.45) is 0. The molecule has 0 saturated carbocycles. The van der Waals surface area contributed by atoms with E-state index in [1.165, 1.54) is 21.8 Å². The molecule has 0 radical (unpaired) electrons. The van der Waals surface area contributed by atoms with Crippen LogP contribution in [-0.2, 0) is 13.1 Å². The molecule has 6 rings (SSSR count). The molecule has 8 nitrogen and oxygen atoms in total. The maximum absolute atomic E-state index is 11.4. The van der Waals surface area contributed by atoms with Gasteiger partial charge >= 0.3 is 5.76 Å². The fourth-order valence-electron chi connectivity index (χ4n) is 4.90. The van der Waals surface area contributed by atoms with E-state index in [0.29, 0.717) is 5.56 Å². The second-order valence-electron chi connectivity index (χ2n) is 9.01. The molecule has 1 N–H and O–H groups in total. The Hall–Kier alpha value is -4.17. The van der Waals surface area contributed by atoms with Gasteiger partial charge in [0.15, 0.2) is 0 Å². The van der Waals surface area contributed by atoms with E-state index < -0.39 is 5.76 Å². The summed E-state index contributed by atoms with van der Waals surface area (Å²) in [7, 11) is 4.14. The zero-order chi connectivity index (χ0) is 24.1. The maximum Gasteiger partial charge on any atom is 0.434 e. The minimum Gasteiger partial charge on any atom is -0.388 e. The van der Waals surface area contributed by atoms with Gasteiger partial charge in [0.25, 0.3) is 0 Å². The predicted molar refractivity (Wildman–Crippen MR) is 139 cm³/mol. The maximum atomic E-state index is 11.4. The lowest BCUT2D eigenvalue weighted by Crippen LogP contribution is -2.18. The van der Waals surface area contributed by atoms with Crippen molar-refractivity contribution in [2.24, 2.45) is 0 Å². The highest BCUT2D eigenvalue weighted by Gasteiger charge is 2.17. The summed E-state index contributed by atoms with van der Waals surface area (Å²) >= 11 is 0. The second-order valence-corrected chi connectivity index (χ2v) is 9.01. The molecule has 0 bridgehead atoms. The highest BCUT2D eigenvalue weighted by Crippen LogP contribution is 2.34. The van der Waals surface area contributed by atoms with Crippen LogP contribution in [0.1, 0.15) is 6.92 Å². The van der Waals surface area contributed by atoms with Gasteiger partial charge in [-0.2, -0.15) is 0 Å². The number of hydrogen-bond acceptors (Lipinski definition) is 5. The van der Waals surface area contributed by atoms with Crippen LogP contribution in [0.2, 0.25) is 0 Å². The van der Waals surface area contributed by atoms with Crippen molar-refractivity contribution in [2.75, 3.05) is 20.6 Å². The third-order valence-electron chi connectivity index (χ3n) is 6.55. The quantitative estimate of drug-likeness (QED) is 0.383. The molecule has 8 heteroatoms. The molecule has 0 fully saturated rings. The Kier molecular flexibility index (Phi) is 5.04. The van der Waals surface area contributed by atoms with Crippen LogP contribution in [0.3, 0.4) is 0 Å². The fourth-order valence-corrected chi connectivity index (χ4v) is 4.90. The molecule has 0 amide bonds. The molecule has 176 valence electrons. The number of nitrogens with one attached hydrogen (secondary N) is 1. The lowest BCUT2D eigenvalue weighted by atomic mass is 10.1. The number of hydrogen-bond donors (Lipinski definition) is 1. The highest BCUT2D eigenvalue weighted by molar-refractivity contribution is 6.09. The third kappa shape index (κ3) is 3.54. The number of likely N-dealkylation sites (N-methyl/N-ethyl adjacent to an activating group) is 1. The Morgan fingerprint density at radius 1 is 0.914 bits per heavy atom. The molecule has 3 aromatic carbocycles. The van der Waals surface area contributed by atoms with Crippen LogP contribution in [0.4, 0.5) is 0 Å². The van der Waals surface area contributed by atoms with E-state index in [1.54, 1.807) is 0 Å². The molecule has 0 aliphatic carbocycles. The van der Waals surface area contributed by atoms with Gasteiger partial charge in [-0.25, -0.2) is 14.9 Å². The van der Waals surface area contributed by atoms with E-state index in [9.17, 15) is 4.79 Å². The SMILES string of the molecule is CCn1c2ccccc2c2cc(-c3nc4cc(-c5n[nH]c(=O)o5)ccc4n3CCN(C)C)ccc21. The second kappa shape index (κ2) is 8.25. The smallest absolute Gasteiger partial charge is 0.388 e. The zero-order valence-corrected chi connectivity index (χ0v) is 19.9. The number of H-pyrrole nitrogens is 1. The van der Waals surface area contributed by atoms with E-state index in [1.807, 2.05) is 18.2 Å². The van der Waals surface area contributed by atoms with Crippen LogP contribution in [0.15, 0.2) is 69.9 Å². The van der Waals surface area contributed by atoms with Gasteiger partial charge in [-0.3, -0.25) is 0 Å². The summed E-state index contributed by atoms with van der Waals surface area (Å²) in [6.45, 7) is 4.77. The van der Waals surface area contributed by atoms with Crippen molar-refractivity contribution in [1.82, 2.24) is 29.2 Å².